The first-order chi connectivity index (χ1) is 12.2. The van der Waals surface area contributed by atoms with Crippen LogP contribution in [0, 0.1) is 0 Å². The van der Waals surface area contributed by atoms with Gasteiger partial charge in [-0.1, -0.05) is 29.8 Å². The molecule has 2 aromatic carbocycles. The molecule has 0 bridgehead atoms. The van der Waals surface area contributed by atoms with Crippen LogP contribution in [0.25, 0.3) is 0 Å². The molecular weight excluding hydrogens is 338 g/mol. The maximum atomic E-state index is 12.4. The highest BCUT2D eigenvalue weighted by Gasteiger charge is 2.09. The summed E-state index contributed by atoms with van der Waals surface area (Å²) in [5.41, 5.74) is 1.31. The van der Waals surface area contributed by atoms with Crippen LogP contribution >= 0.6 is 11.6 Å². The number of hydrogen-bond donors (Lipinski definition) is 2. The van der Waals surface area contributed by atoms with Crippen molar-refractivity contribution in [2.45, 2.75) is 6.54 Å². The fourth-order valence-electron chi connectivity index (χ4n) is 2.11. The molecular formula is C19H16ClN3O2. The Morgan fingerprint density at radius 1 is 1.00 bits per heavy atom. The molecule has 25 heavy (non-hydrogen) atoms. The minimum Gasteiger partial charge on any atom is -0.467 e. The van der Waals surface area contributed by atoms with Gasteiger partial charge in [0.15, 0.2) is 0 Å². The first-order valence-electron chi connectivity index (χ1n) is 7.66. The molecule has 0 saturated carbocycles. The van der Waals surface area contributed by atoms with Crippen molar-refractivity contribution in [1.82, 2.24) is 5.32 Å². The second-order valence-corrected chi connectivity index (χ2v) is 5.63. The fraction of sp³-hybridized carbons (Fsp3) is 0.0526. The first kappa shape index (κ1) is 16.8. The van der Waals surface area contributed by atoms with Gasteiger partial charge in [0, 0.05) is 16.3 Å². The van der Waals surface area contributed by atoms with Gasteiger partial charge in [0.05, 0.1) is 6.26 Å². The maximum absolute atomic E-state index is 12.4. The number of hydrogen-bond acceptors (Lipinski definition) is 3. The number of amides is 1. The van der Waals surface area contributed by atoms with Crippen LogP contribution in [0.5, 0.6) is 0 Å². The Morgan fingerprint density at radius 3 is 2.44 bits per heavy atom. The molecule has 0 spiro atoms. The number of carbonyl (C=O) groups is 1. The molecule has 5 nitrogen and oxygen atoms in total. The molecule has 0 aliphatic heterocycles. The summed E-state index contributed by atoms with van der Waals surface area (Å²) in [5, 5.41) is 6.50. The number of anilines is 1. The quantitative estimate of drug-likeness (QED) is 0.542. The summed E-state index contributed by atoms with van der Waals surface area (Å²) in [6.07, 6.45) is 1.58. The summed E-state index contributed by atoms with van der Waals surface area (Å²) < 4.78 is 5.27. The van der Waals surface area contributed by atoms with Gasteiger partial charge in [-0.15, -0.1) is 0 Å². The van der Waals surface area contributed by atoms with Crippen LogP contribution in [0.3, 0.4) is 0 Å². The van der Waals surface area contributed by atoms with E-state index in [2.05, 4.69) is 15.6 Å². The van der Waals surface area contributed by atoms with E-state index >= 15 is 0 Å². The number of nitrogens with one attached hydrogen (secondary N) is 2. The molecule has 1 heterocycles. The van der Waals surface area contributed by atoms with E-state index in [0.717, 1.165) is 5.69 Å². The van der Waals surface area contributed by atoms with E-state index in [-0.39, 0.29) is 5.91 Å². The normalized spacial score (nSPS) is 11.2. The van der Waals surface area contributed by atoms with Crippen molar-refractivity contribution in [1.29, 1.82) is 0 Å². The van der Waals surface area contributed by atoms with Crippen LogP contribution in [0.15, 0.2) is 82.4 Å². The van der Waals surface area contributed by atoms with Gasteiger partial charge in [0.2, 0.25) is 5.96 Å². The molecule has 1 amide bonds. The van der Waals surface area contributed by atoms with Crippen molar-refractivity contribution < 1.29 is 9.21 Å². The lowest BCUT2D eigenvalue weighted by Gasteiger charge is -2.11. The van der Waals surface area contributed by atoms with Crippen molar-refractivity contribution >= 4 is 29.2 Å². The number of rotatable bonds is 4. The number of benzene rings is 2. The summed E-state index contributed by atoms with van der Waals surface area (Å²) in [4.78, 5) is 16.8. The Labute approximate surface area is 150 Å². The Hall–Kier alpha value is -3.05. The van der Waals surface area contributed by atoms with Crippen molar-refractivity contribution in [2.75, 3.05) is 5.32 Å². The molecule has 3 rings (SSSR count). The van der Waals surface area contributed by atoms with E-state index < -0.39 is 0 Å². The van der Waals surface area contributed by atoms with E-state index in [0.29, 0.717) is 28.9 Å². The van der Waals surface area contributed by atoms with Crippen molar-refractivity contribution in [2.24, 2.45) is 4.99 Å². The SMILES string of the molecule is O=C(NC(=NCc1ccco1)Nc1ccc(Cl)cc1)c1ccccc1. The summed E-state index contributed by atoms with van der Waals surface area (Å²) >= 11 is 5.90. The fourth-order valence-corrected chi connectivity index (χ4v) is 2.23. The van der Waals surface area contributed by atoms with Crippen LogP contribution in [-0.2, 0) is 6.54 Å². The molecule has 126 valence electrons. The summed E-state index contributed by atoms with van der Waals surface area (Å²) in [6, 6.07) is 19.7. The molecule has 0 aliphatic rings. The highest BCUT2D eigenvalue weighted by Crippen LogP contribution is 2.13. The number of guanidine groups is 1. The molecule has 0 atom stereocenters. The summed E-state index contributed by atoms with van der Waals surface area (Å²) in [7, 11) is 0. The average molecular weight is 354 g/mol. The van der Waals surface area contributed by atoms with E-state index in [1.54, 1.807) is 60.9 Å². The minimum absolute atomic E-state index is 0.250. The Bertz CT molecular complexity index is 844. The van der Waals surface area contributed by atoms with Gasteiger partial charge in [-0.05, 0) is 48.5 Å². The highest BCUT2D eigenvalue weighted by molar-refractivity contribution is 6.30. The standard InChI is InChI=1S/C19H16ClN3O2/c20-15-8-10-16(11-9-15)22-19(21-13-17-7-4-12-25-17)23-18(24)14-5-2-1-3-6-14/h1-12H,13H2,(H2,21,22,23,24). The predicted molar refractivity (Wildman–Crippen MR) is 98.8 cm³/mol. The Kier molecular flexibility index (Phi) is 5.49. The average Bonchev–Trinajstić information content (AvgIpc) is 3.16. The van der Waals surface area contributed by atoms with Gasteiger partial charge in [0.25, 0.3) is 5.91 Å². The number of carbonyl (C=O) groups excluding carboxylic acids is 1. The van der Waals surface area contributed by atoms with E-state index in [9.17, 15) is 4.79 Å². The van der Waals surface area contributed by atoms with Crippen LogP contribution in [-0.4, -0.2) is 11.9 Å². The summed E-state index contributed by atoms with van der Waals surface area (Å²) in [5.74, 6) is 0.775. The molecule has 0 aliphatic carbocycles. The zero-order valence-corrected chi connectivity index (χ0v) is 14.0. The van der Waals surface area contributed by atoms with Gasteiger partial charge in [0.1, 0.15) is 12.3 Å². The third-order valence-electron chi connectivity index (χ3n) is 3.35. The molecule has 0 radical (unpaired) electrons. The third-order valence-corrected chi connectivity index (χ3v) is 3.60. The van der Waals surface area contributed by atoms with E-state index in [1.807, 2.05) is 12.1 Å². The van der Waals surface area contributed by atoms with E-state index in [4.69, 9.17) is 16.0 Å². The van der Waals surface area contributed by atoms with Gasteiger partial charge in [-0.25, -0.2) is 4.99 Å². The molecule has 0 unspecified atom stereocenters. The van der Waals surface area contributed by atoms with Crippen LogP contribution < -0.4 is 10.6 Å². The second kappa shape index (κ2) is 8.17. The Balaban J connectivity index is 1.76. The number of halogens is 1. The molecule has 2 N–H and O–H groups in total. The van der Waals surface area contributed by atoms with Gasteiger partial charge in [-0.2, -0.15) is 0 Å². The minimum atomic E-state index is -0.250. The monoisotopic (exact) mass is 353 g/mol. The molecule has 1 aromatic heterocycles. The zero-order chi connectivity index (χ0) is 17.5. The van der Waals surface area contributed by atoms with Gasteiger partial charge < -0.3 is 9.73 Å². The summed E-state index contributed by atoms with van der Waals surface area (Å²) in [6.45, 7) is 0.304. The lowest BCUT2D eigenvalue weighted by atomic mass is 10.2. The van der Waals surface area contributed by atoms with Crippen molar-refractivity contribution in [3.63, 3.8) is 0 Å². The van der Waals surface area contributed by atoms with Crippen LogP contribution in [0.4, 0.5) is 5.69 Å². The Morgan fingerprint density at radius 2 is 1.76 bits per heavy atom. The molecule has 6 heteroatoms. The lowest BCUT2D eigenvalue weighted by Crippen LogP contribution is -2.36. The predicted octanol–water partition coefficient (Wildman–Crippen LogP) is 4.33. The molecule has 0 saturated heterocycles. The second-order valence-electron chi connectivity index (χ2n) is 5.20. The van der Waals surface area contributed by atoms with E-state index in [1.165, 1.54) is 0 Å². The topological polar surface area (TPSA) is 66.6 Å². The molecule has 0 fully saturated rings. The highest BCUT2D eigenvalue weighted by atomic mass is 35.5. The molecule has 3 aromatic rings. The van der Waals surface area contributed by atoms with Gasteiger partial charge >= 0.3 is 0 Å². The van der Waals surface area contributed by atoms with Crippen LogP contribution in [0.1, 0.15) is 16.1 Å². The zero-order valence-electron chi connectivity index (χ0n) is 13.3. The van der Waals surface area contributed by atoms with Crippen molar-refractivity contribution in [3.05, 3.63) is 89.3 Å². The van der Waals surface area contributed by atoms with Crippen LogP contribution in [0.2, 0.25) is 5.02 Å². The number of aliphatic imine (C=N–C) groups is 1. The number of nitrogens with zero attached hydrogens (tertiary/aromatic N) is 1. The maximum Gasteiger partial charge on any atom is 0.257 e. The smallest absolute Gasteiger partial charge is 0.257 e. The third kappa shape index (κ3) is 4.96. The number of furan rings is 1. The first-order valence-corrected chi connectivity index (χ1v) is 8.04. The van der Waals surface area contributed by atoms with Crippen molar-refractivity contribution in [3.8, 4) is 0 Å². The largest absolute Gasteiger partial charge is 0.467 e. The lowest BCUT2D eigenvalue weighted by molar-refractivity contribution is 0.0977. The van der Waals surface area contributed by atoms with Gasteiger partial charge in [-0.3, -0.25) is 10.1 Å².